The van der Waals surface area contributed by atoms with Crippen molar-refractivity contribution in [1.29, 1.82) is 0 Å². The summed E-state index contributed by atoms with van der Waals surface area (Å²) in [7, 11) is 0. The van der Waals surface area contributed by atoms with E-state index in [0.29, 0.717) is 5.56 Å². The van der Waals surface area contributed by atoms with E-state index in [9.17, 15) is 5.11 Å². The van der Waals surface area contributed by atoms with Gasteiger partial charge in [-0.3, -0.25) is 0 Å². The molecule has 2 N–H and O–H groups in total. The van der Waals surface area contributed by atoms with Crippen LogP contribution in [0.1, 0.15) is 19.4 Å². The van der Waals surface area contributed by atoms with Gasteiger partial charge in [-0.15, -0.1) is 0 Å². The molecule has 0 bridgehead atoms. The quantitative estimate of drug-likeness (QED) is 0.413. The van der Waals surface area contributed by atoms with Gasteiger partial charge in [0.05, 0.1) is 5.71 Å². The fourth-order valence-corrected chi connectivity index (χ4v) is 1.07. The van der Waals surface area contributed by atoms with Gasteiger partial charge in [0, 0.05) is 0 Å². The number of nitrogens with zero attached hydrogens (tertiary/aromatic N) is 1. The predicted molar refractivity (Wildman–Crippen MR) is 50.9 cm³/mol. The predicted octanol–water partition coefficient (Wildman–Crippen LogP) is 1.74. The normalized spacial score (nSPS) is 16.7. The van der Waals surface area contributed by atoms with Crippen LogP contribution in [0, 0.1) is 0 Å². The van der Waals surface area contributed by atoms with Crippen LogP contribution in [-0.4, -0.2) is 16.0 Å². The van der Waals surface area contributed by atoms with Crippen LogP contribution in [0.3, 0.4) is 0 Å². The molecule has 1 atom stereocenters. The first-order valence-electron chi connectivity index (χ1n) is 4.06. The molecule has 0 aliphatic rings. The first kappa shape index (κ1) is 9.74. The van der Waals surface area contributed by atoms with Crippen LogP contribution in [0.5, 0.6) is 0 Å². The molecule has 0 fully saturated rings. The molecule has 0 spiro atoms. The Morgan fingerprint density at radius 3 is 2.31 bits per heavy atom. The van der Waals surface area contributed by atoms with Crippen molar-refractivity contribution < 1.29 is 10.3 Å². The second-order valence-electron chi connectivity index (χ2n) is 3.12. The summed E-state index contributed by atoms with van der Waals surface area (Å²) >= 11 is 0. The Morgan fingerprint density at radius 1 is 1.31 bits per heavy atom. The molecule has 0 aromatic heterocycles. The Hall–Kier alpha value is -1.35. The average Bonchev–Trinajstić information content (AvgIpc) is 2.18. The molecule has 0 heterocycles. The fourth-order valence-electron chi connectivity index (χ4n) is 1.07. The number of oxime groups is 1. The molecule has 0 radical (unpaired) electrons. The van der Waals surface area contributed by atoms with Crippen LogP contribution in [-0.2, 0) is 5.60 Å². The van der Waals surface area contributed by atoms with Crippen molar-refractivity contribution in [3.8, 4) is 0 Å². The maximum Gasteiger partial charge on any atom is 0.128 e. The Morgan fingerprint density at radius 2 is 1.85 bits per heavy atom. The molecule has 0 saturated heterocycles. The van der Waals surface area contributed by atoms with Crippen molar-refractivity contribution in [1.82, 2.24) is 0 Å². The average molecular weight is 179 g/mol. The number of rotatable bonds is 2. The molecule has 0 amide bonds. The first-order chi connectivity index (χ1) is 6.09. The molecule has 0 aliphatic heterocycles. The van der Waals surface area contributed by atoms with E-state index in [4.69, 9.17) is 5.21 Å². The number of aliphatic hydroxyl groups is 1. The highest BCUT2D eigenvalue weighted by Crippen LogP contribution is 2.21. The largest absolute Gasteiger partial charge is 0.411 e. The van der Waals surface area contributed by atoms with E-state index in [0.717, 1.165) is 0 Å². The molecule has 1 unspecified atom stereocenters. The van der Waals surface area contributed by atoms with Gasteiger partial charge in [-0.1, -0.05) is 35.5 Å². The van der Waals surface area contributed by atoms with Gasteiger partial charge in [0.2, 0.25) is 0 Å². The summed E-state index contributed by atoms with van der Waals surface area (Å²) in [5, 5.41) is 21.5. The van der Waals surface area contributed by atoms with Crippen molar-refractivity contribution in [2.75, 3.05) is 0 Å². The summed E-state index contributed by atoms with van der Waals surface area (Å²) in [5.41, 5.74) is -0.209. The lowest BCUT2D eigenvalue weighted by atomic mass is 9.92. The first-order valence-corrected chi connectivity index (χ1v) is 4.06. The molecule has 1 rings (SSSR count). The Balaban J connectivity index is 3.08. The minimum Gasteiger partial charge on any atom is -0.411 e. The zero-order valence-electron chi connectivity index (χ0n) is 7.73. The zero-order chi connectivity index (χ0) is 9.90. The Labute approximate surface area is 77.3 Å². The topological polar surface area (TPSA) is 52.8 Å². The Bertz CT molecular complexity index is 304. The minimum absolute atomic E-state index is 0.277. The summed E-state index contributed by atoms with van der Waals surface area (Å²) in [6.07, 6.45) is 0. The lowest BCUT2D eigenvalue weighted by molar-refractivity contribution is 0.126. The highest BCUT2D eigenvalue weighted by Gasteiger charge is 2.26. The molecule has 0 saturated carbocycles. The van der Waals surface area contributed by atoms with Gasteiger partial charge in [0.1, 0.15) is 5.60 Å². The second kappa shape index (κ2) is 3.58. The lowest BCUT2D eigenvalue weighted by Crippen LogP contribution is -2.30. The van der Waals surface area contributed by atoms with Gasteiger partial charge in [0.15, 0.2) is 0 Å². The van der Waals surface area contributed by atoms with Crippen molar-refractivity contribution in [2.45, 2.75) is 19.4 Å². The van der Waals surface area contributed by atoms with Crippen molar-refractivity contribution in [3.05, 3.63) is 35.9 Å². The summed E-state index contributed by atoms with van der Waals surface area (Å²) in [4.78, 5) is 0. The van der Waals surface area contributed by atoms with Crippen LogP contribution >= 0.6 is 0 Å². The Kier molecular flexibility index (Phi) is 2.68. The van der Waals surface area contributed by atoms with Crippen molar-refractivity contribution in [3.63, 3.8) is 0 Å². The summed E-state index contributed by atoms with van der Waals surface area (Å²) in [6, 6.07) is 9.09. The monoisotopic (exact) mass is 179 g/mol. The van der Waals surface area contributed by atoms with E-state index in [1.54, 1.807) is 26.0 Å². The summed E-state index contributed by atoms with van der Waals surface area (Å²) in [6.45, 7) is 3.17. The molecular weight excluding hydrogens is 166 g/mol. The number of hydrogen-bond acceptors (Lipinski definition) is 3. The van der Waals surface area contributed by atoms with E-state index < -0.39 is 5.60 Å². The third-order valence-electron chi connectivity index (χ3n) is 2.19. The van der Waals surface area contributed by atoms with E-state index in [2.05, 4.69) is 5.16 Å². The van der Waals surface area contributed by atoms with Crippen LogP contribution in [0.4, 0.5) is 0 Å². The van der Waals surface area contributed by atoms with E-state index >= 15 is 0 Å². The van der Waals surface area contributed by atoms with Crippen LogP contribution < -0.4 is 0 Å². The van der Waals surface area contributed by atoms with Gasteiger partial charge < -0.3 is 10.3 Å². The van der Waals surface area contributed by atoms with Gasteiger partial charge in [0.25, 0.3) is 0 Å². The van der Waals surface area contributed by atoms with Crippen molar-refractivity contribution >= 4 is 5.71 Å². The van der Waals surface area contributed by atoms with Crippen LogP contribution in [0.2, 0.25) is 0 Å². The summed E-state index contributed by atoms with van der Waals surface area (Å²) in [5.74, 6) is 0. The highest BCUT2D eigenvalue weighted by atomic mass is 16.4. The third-order valence-corrected chi connectivity index (χ3v) is 2.19. The van der Waals surface area contributed by atoms with Gasteiger partial charge >= 0.3 is 0 Å². The fraction of sp³-hybridized carbons (Fsp3) is 0.300. The van der Waals surface area contributed by atoms with E-state index in [1.807, 2.05) is 18.2 Å². The third kappa shape index (κ3) is 1.87. The van der Waals surface area contributed by atoms with Gasteiger partial charge in [-0.05, 0) is 19.4 Å². The SMILES string of the molecule is CC(=NO)C(C)(O)c1ccccc1. The lowest BCUT2D eigenvalue weighted by Gasteiger charge is -2.22. The van der Waals surface area contributed by atoms with Gasteiger partial charge in [-0.25, -0.2) is 0 Å². The maximum absolute atomic E-state index is 9.96. The highest BCUT2D eigenvalue weighted by molar-refractivity contribution is 5.90. The molecule has 3 nitrogen and oxygen atoms in total. The standard InChI is InChI=1S/C10H13NO2/c1-8(11-13)10(2,12)9-6-4-3-5-7-9/h3-7,12-13H,1-2H3. The molecule has 0 aliphatic carbocycles. The number of benzene rings is 1. The van der Waals surface area contributed by atoms with E-state index in [-0.39, 0.29) is 5.71 Å². The maximum atomic E-state index is 9.96. The molecule has 1 aromatic rings. The van der Waals surface area contributed by atoms with Gasteiger partial charge in [-0.2, -0.15) is 0 Å². The van der Waals surface area contributed by atoms with Crippen molar-refractivity contribution in [2.24, 2.45) is 5.16 Å². The number of hydrogen-bond donors (Lipinski definition) is 2. The van der Waals surface area contributed by atoms with Crippen LogP contribution in [0.15, 0.2) is 35.5 Å². The molecule has 3 heteroatoms. The summed E-state index contributed by atoms with van der Waals surface area (Å²) < 4.78 is 0. The molecular formula is C10H13NO2. The molecule has 1 aromatic carbocycles. The molecule has 13 heavy (non-hydrogen) atoms. The minimum atomic E-state index is -1.20. The van der Waals surface area contributed by atoms with E-state index in [1.165, 1.54) is 0 Å². The smallest absolute Gasteiger partial charge is 0.128 e. The molecule has 70 valence electrons. The zero-order valence-corrected chi connectivity index (χ0v) is 7.73. The van der Waals surface area contributed by atoms with Crippen LogP contribution in [0.25, 0.3) is 0 Å². The second-order valence-corrected chi connectivity index (χ2v) is 3.12.